The zero-order chi connectivity index (χ0) is 14.6. The van der Waals surface area contributed by atoms with Crippen molar-refractivity contribution < 1.29 is 13.2 Å². The van der Waals surface area contributed by atoms with Gasteiger partial charge in [-0.05, 0) is 43.5 Å². The summed E-state index contributed by atoms with van der Waals surface area (Å²) in [6.45, 7) is 1.48. The SMILES string of the molecule is Cl.NCCCCNS(=O)(=O)c1ccc2c(c1)C(=O)NCC2. The molecule has 1 aromatic carbocycles. The van der Waals surface area contributed by atoms with Crippen LogP contribution >= 0.6 is 12.4 Å². The summed E-state index contributed by atoms with van der Waals surface area (Å²) in [4.78, 5) is 11.8. The van der Waals surface area contributed by atoms with E-state index in [2.05, 4.69) is 10.0 Å². The molecule has 0 radical (unpaired) electrons. The third-order valence-corrected chi connectivity index (χ3v) is 4.70. The summed E-state index contributed by atoms with van der Waals surface area (Å²) in [7, 11) is -3.57. The van der Waals surface area contributed by atoms with Crippen molar-refractivity contribution >= 4 is 28.3 Å². The molecule has 0 spiro atoms. The minimum absolute atomic E-state index is 0. The molecule has 0 bridgehead atoms. The zero-order valence-corrected chi connectivity index (χ0v) is 13.2. The first kappa shape index (κ1) is 17.9. The number of halogens is 1. The number of unbranched alkanes of at least 4 members (excludes halogenated alkanes) is 1. The van der Waals surface area contributed by atoms with Gasteiger partial charge in [-0.1, -0.05) is 6.07 Å². The van der Waals surface area contributed by atoms with Gasteiger partial charge < -0.3 is 11.1 Å². The van der Waals surface area contributed by atoms with Crippen LogP contribution in [0.5, 0.6) is 0 Å². The van der Waals surface area contributed by atoms with E-state index in [1.807, 2.05) is 0 Å². The number of hydrogen-bond donors (Lipinski definition) is 3. The lowest BCUT2D eigenvalue weighted by Gasteiger charge is -2.17. The minimum Gasteiger partial charge on any atom is -0.352 e. The Kier molecular flexibility index (Phi) is 6.60. The highest BCUT2D eigenvalue weighted by atomic mass is 35.5. The van der Waals surface area contributed by atoms with Crippen LogP contribution < -0.4 is 15.8 Å². The fourth-order valence-corrected chi connectivity index (χ4v) is 3.22. The number of rotatable bonds is 6. The first-order valence-electron chi connectivity index (χ1n) is 6.65. The maximum Gasteiger partial charge on any atom is 0.251 e. The summed E-state index contributed by atoms with van der Waals surface area (Å²) < 4.78 is 26.7. The molecule has 2 rings (SSSR count). The van der Waals surface area contributed by atoms with Gasteiger partial charge >= 0.3 is 0 Å². The van der Waals surface area contributed by atoms with Crippen LogP contribution in [0.25, 0.3) is 0 Å². The van der Waals surface area contributed by atoms with Crippen LogP contribution in [-0.2, 0) is 16.4 Å². The maximum atomic E-state index is 12.1. The summed E-state index contributed by atoms with van der Waals surface area (Å²) in [5.41, 5.74) is 6.69. The van der Waals surface area contributed by atoms with E-state index in [1.165, 1.54) is 6.07 Å². The molecule has 0 fully saturated rings. The molecule has 1 amide bonds. The molecule has 0 aliphatic carbocycles. The first-order chi connectivity index (χ1) is 9.54. The topological polar surface area (TPSA) is 101 Å². The predicted octanol–water partition coefficient (Wildman–Crippen LogP) is 0.412. The van der Waals surface area contributed by atoms with Gasteiger partial charge in [0.2, 0.25) is 10.0 Å². The molecule has 1 aromatic rings. The zero-order valence-electron chi connectivity index (χ0n) is 11.6. The monoisotopic (exact) mass is 333 g/mol. The van der Waals surface area contributed by atoms with Gasteiger partial charge in [-0.15, -0.1) is 12.4 Å². The van der Waals surface area contributed by atoms with Crippen molar-refractivity contribution in [3.8, 4) is 0 Å². The van der Waals surface area contributed by atoms with E-state index in [4.69, 9.17) is 5.73 Å². The van der Waals surface area contributed by atoms with Crippen LogP contribution in [0.1, 0.15) is 28.8 Å². The molecule has 21 heavy (non-hydrogen) atoms. The van der Waals surface area contributed by atoms with Crippen molar-refractivity contribution in [1.82, 2.24) is 10.0 Å². The quantitative estimate of drug-likeness (QED) is 0.656. The summed E-state index contributed by atoms with van der Waals surface area (Å²) in [5, 5.41) is 2.71. The second-order valence-corrected chi connectivity index (χ2v) is 6.49. The van der Waals surface area contributed by atoms with Crippen LogP contribution in [0.15, 0.2) is 23.1 Å². The first-order valence-corrected chi connectivity index (χ1v) is 8.14. The second kappa shape index (κ2) is 7.74. The molecule has 0 saturated heterocycles. The number of sulfonamides is 1. The van der Waals surface area contributed by atoms with Gasteiger partial charge in [-0.25, -0.2) is 13.1 Å². The molecule has 1 heterocycles. The van der Waals surface area contributed by atoms with Crippen LogP contribution in [0.4, 0.5) is 0 Å². The summed E-state index contributed by atoms with van der Waals surface area (Å²) >= 11 is 0. The molecule has 1 aliphatic rings. The third kappa shape index (κ3) is 4.41. The highest BCUT2D eigenvalue weighted by Crippen LogP contribution is 2.19. The van der Waals surface area contributed by atoms with Crippen molar-refractivity contribution in [3.63, 3.8) is 0 Å². The van der Waals surface area contributed by atoms with E-state index in [0.717, 1.165) is 18.4 Å². The number of hydrogen-bond acceptors (Lipinski definition) is 4. The van der Waals surface area contributed by atoms with E-state index in [-0.39, 0.29) is 23.2 Å². The smallest absolute Gasteiger partial charge is 0.251 e. The summed E-state index contributed by atoms with van der Waals surface area (Å²) in [5.74, 6) is -0.216. The predicted molar refractivity (Wildman–Crippen MR) is 83.2 cm³/mol. The molecule has 1 aliphatic heterocycles. The van der Waals surface area contributed by atoms with Crippen LogP contribution in [0, 0.1) is 0 Å². The van der Waals surface area contributed by atoms with Gasteiger partial charge in [0.15, 0.2) is 0 Å². The van der Waals surface area contributed by atoms with Gasteiger partial charge in [0, 0.05) is 18.7 Å². The number of nitrogens with one attached hydrogen (secondary N) is 2. The van der Waals surface area contributed by atoms with Gasteiger partial charge in [0.25, 0.3) is 5.91 Å². The number of nitrogens with two attached hydrogens (primary N) is 1. The molecule has 0 aromatic heterocycles. The van der Waals surface area contributed by atoms with E-state index >= 15 is 0 Å². The Morgan fingerprint density at radius 2 is 2.05 bits per heavy atom. The second-order valence-electron chi connectivity index (χ2n) is 4.72. The van der Waals surface area contributed by atoms with Crippen LogP contribution in [0.2, 0.25) is 0 Å². The van der Waals surface area contributed by atoms with Crippen molar-refractivity contribution in [2.45, 2.75) is 24.2 Å². The molecule has 0 unspecified atom stereocenters. The highest BCUT2D eigenvalue weighted by Gasteiger charge is 2.21. The van der Waals surface area contributed by atoms with Gasteiger partial charge in [0.05, 0.1) is 4.90 Å². The Labute approximate surface area is 130 Å². The average Bonchev–Trinajstić information content (AvgIpc) is 2.44. The fourth-order valence-electron chi connectivity index (χ4n) is 2.12. The molecule has 8 heteroatoms. The van der Waals surface area contributed by atoms with Gasteiger partial charge in [-0.3, -0.25) is 4.79 Å². The van der Waals surface area contributed by atoms with Gasteiger partial charge in [0.1, 0.15) is 0 Å². The highest BCUT2D eigenvalue weighted by molar-refractivity contribution is 7.89. The Balaban J connectivity index is 0.00000220. The van der Waals surface area contributed by atoms with Crippen molar-refractivity contribution in [2.24, 2.45) is 5.73 Å². The Bertz CT molecular complexity index is 605. The summed E-state index contributed by atoms with van der Waals surface area (Å²) in [6, 6.07) is 4.69. The summed E-state index contributed by atoms with van der Waals surface area (Å²) in [6.07, 6.45) is 2.20. The number of amides is 1. The number of fused-ring (bicyclic) bond motifs is 1. The van der Waals surface area contributed by atoms with Crippen molar-refractivity contribution in [1.29, 1.82) is 0 Å². The fraction of sp³-hybridized carbons (Fsp3) is 0.462. The lowest BCUT2D eigenvalue weighted by molar-refractivity contribution is 0.0946. The lowest BCUT2D eigenvalue weighted by Crippen LogP contribution is -2.32. The Morgan fingerprint density at radius 3 is 2.76 bits per heavy atom. The number of carbonyl (C=O) groups excluding carboxylic acids is 1. The Morgan fingerprint density at radius 1 is 1.29 bits per heavy atom. The van der Waals surface area contributed by atoms with Crippen molar-refractivity contribution in [2.75, 3.05) is 19.6 Å². The largest absolute Gasteiger partial charge is 0.352 e. The van der Waals surface area contributed by atoms with E-state index in [9.17, 15) is 13.2 Å². The molecule has 6 nitrogen and oxygen atoms in total. The van der Waals surface area contributed by atoms with E-state index < -0.39 is 10.0 Å². The molecular weight excluding hydrogens is 314 g/mol. The standard InChI is InChI=1S/C13H19N3O3S.ClH/c14-6-1-2-7-16-20(18,19)11-4-3-10-5-8-15-13(17)12(10)9-11;/h3-4,9,16H,1-2,5-8,14H2,(H,15,17);1H. The third-order valence-electron chi connectivity index (χ3n) is 3.24. The van der Waals surface area contributed by atoms with Gasteiger partial charge in [-0.2, -0.15) is 0 Å². The molecule has 0 atom stereocenters. The van der Waals surface area contributed by atoms with Crippen LogP contribution in [0.3, 0.4) is 0 Å². The number of carbonyl (C=O) groups is 1. The van der Waals surface area contributed by atoms with E-state index in [1.54, 1.807) is 12.1 Å². The molecule has 4 N–H and O–H groups in total. The Hall–Kier alpha value is -1.15. The minimum atomic E-state index is -3.57. The van der Waals surface area contributed by atoms with E-state index in [0.29, 0.717) is 31.6 Å². The molecular formula is C13H20ClN3O3S. The van der Waals surface area contributed by atoms with Crippen LogP contribution in [-0.4, -0.2) is 34.0 Å². The lowest BCUT2D eigenvalue weighted by atomic mass is 10.0. The van der Waals surface area contributed by atoms with Crippen molar-refractivity contribution in [3.05, 3.63) is 29.3 Å². The molecule has 118 valence electrons. The number of benzene rings is 1. The maximum absolute atomic E-state index is 12.1. The molecule has 0 saturated carbocycles. The average molecular weight is 334 g/mol. The normalized spacial score (nSPS) is 14.0.